The van der Waals surface area contributed by atoms with Gasteiger partial charge in [-0.15, -0.1) is 24.8 Å². The fraction of sp³-hybridized carbons (Fsp3) is 0.533. The topological polar surface area (TPSA) is 75.5 Å². The molecule has 0 bridgehead atoms. The van der Waals surface area contributed by atoms with Crippen LogP contribution in [0.3, 0.4) is 0 Å². The largest absolute Gasteiger partial charge is 0.314 e. The molecular weight excluding hydrogens is 341 g/mol. The van der Waals surface area contributed by atoms with Crippen LogP contribution in [0.15, 0.2) is 24.3 Å². The van der Waals surface area contributed by atoms with Gasteiger partial charge in [0, 0.05) is 55.8 Å². The number of ketones is 1. The van der Waals surface area contributed by atoms with Crippen LogP contribution in [0.25, 0.3) is 0 Å². The standard InChI is InChI=1S/C15H21N3O3.2ClH/c1-15(2)11-16-8-10-17(15)9-7-14(19)12-3-5-13(6-4-12)18(20)21;;/h3-6,16H,7-11H2,1-2H3;2*1H. The molecule has 0 saturated carbocycles. The smallest absolute Gasteiger partial charge is 0.269 e. The molecule has 0 amide bonds. The summed E-state index contributed by atoms with van der Waals surface area (Å²) in [6.07, 6.45) is 0.432. The molecule has 1 fully saturated rings. The van der Waals surface area contributed by atoms with Gasteiger partial charge in [-0.25, -0.2) is 0 Å². The van der Waals surface area contributed by atoms with E-state index < -0.39 is 4.92 Å². The van der Waals surface area contributed by atoms with Crippen molar-refractivity contribution in [2.75, 3.05) is 26.2 Å². The number of nitrogens with one attached hydrogen (secondary N) is 1. The highest BCUT2D eigenvalue weighted by Crippen LogP contribution is 2.18. The Hall–Kier alpha value is -1.21. The van der Waals surface area contributed by atoms with Crippen LogP contribution in [-0.2, 0) is 0 Å². The number of hydrogen-bond acceptors (Lipinski definition) is 5. The van der Waals surface area contributed by atoms with Crippen LogP contribution in [0.2, 0.25) is 0 Å². The molecule has 1 saturated heterocycles. The van der Waals surface area contributed by atoms with Gasteiger partial charge in [-0.1, -0.05) is 0 Å². The molecule has 130 valence electrons. The predicted molar refractivity (Wildman–Crippen MR) is 95.1 cm³/mol. The molecule has 8 heteroatoms. The summed E-state index contributed by atoms with van der Waals surface area (Å²) in [5.41, 5.74) is 0.594. The first kappa shape index (κ1) is 21.8. The van der Waals surface area contributed by atoms with Crippen molar-refractivity contribution >= 4 is 36.3 Å². The molecule has 23 heavy (non-hydrogen) atoms. The first-order chi connectivity index (χ1) is 9.90. The van der Waals surface area contributed by atoms with Crippen molar-refractivity contribution in [1.29, 1.82) is 0 Å². The number of rotatable bonds is 5. The van der Waals surface area contributed by atoms with Crippen LogP contribution in [-0.4, -0.2) is 47.3 Å². The number of nitrogens with zero attached hydrogens (tertiary/aromatic N) is 2. The molecular formula is C15H23Cl2N3O3. The monoisotopic (exact) mass is 363 g/mol. The van der Waals surface area contributed by atoms with Crippen molar-refractivity contribution in [1.82, 2.24) is 10.2 Å². The molecule has 0 radical (unpaired) electrons. The van der Waals surface area contributed by atoms with Crippen LogP contribution in [0.4, 0.5) is 5.69 Å². The highest BCUT2D eigenvalue weighted by Gasteiger charge is 2.29. The van der Waals surface area contributed by atoms with Crippen molar-refractivity contribution in [3.63, 3.8) is 0 Å². The maximum atomic E-state index is 12.2. The molecule has 1 aromatic carbocycles. The van der Waals surface area contributed by atoms with Crippen LogP contribution >= 0.6 is 24.8 Å². The lowest BCUT2D eigenvalue weighted by Gasteiger charge is -2.42. The van der Waals surface area contributed by atoms with Crippen molar-refractivity contribution in [2.24, 2.45) is 0 Å². The highest BCUT2D eigenvalue weighted by molar-refractivity contribution is 5.96. The van der Waals surface area contributed by atoms with Gasteiger partial charge in [0.1, 0.15) is 0 Å². The Morgan fingerprint density at radius 3 is 2.43 bits per heavy atom. The van der Waals surface area contributed by atoms with Gasteiger partial charge in [0.25, 0.3) is 5.69 Å². The quantitative estimate of drug-likeness (QED) is 0.494. The van der Waals surface area contributed by atoms with E-state index >= 15 is 0 Å². The van der Waals surface area contributed by atoms with Crippen LogP contribution in [0.1, 0.15) is 30.6 Å². The Morgan fingerprint density at radius 1 is 1.30 bits per heavy atom. The number of carbonyl (C=O) groups is 1. The van der Waals surface area contributed by atoms with Crippen LogP contribution < -0.4 is 5.32 Å². The molecule has 0 aromatic heterocycles. The fourth-order valence-electron chi connectivity index (χ4n) is 2.59. The summed E-state index contributed by atoms with van der Waals surface area (Å²) in [5, 5.41) is 13.9. The number of nitro groups is 1. The van der Waals surface area contributed by atoms with Gasteiger partial charge in [-0.3, -0.25) is 19.8 Å². The molecule has 1 heterocycles. The maximum Gasteiger partial charge on any atom is 0.269 e. The summed E-state index contributed by atoms with van der Waals surface area (Å²) in [6, 6.07) is 5.82. The number of non-ortho nitro benzene ring substituents is 1. The van der Waals surface area contributed by atoms with Crippen molar-refractivity contribution in [2.45, 2.75) is 25.8 Å². The van der Waals surface area contributed by atoms with E-state index in [1.807, 2.05) is 0 Å². The predicted octanol–water partition coefficient (Wildman–Crippen LogP) is 2.70. The van der Waals surface area contributed by atoms with Crippen molar-refractivity contribution in [3.8, 4) is 0 Å². The first-order valence-corrected chi connectivity index (χ1v) is 7.13. The number of halogens is 2. The second kappa shape index (κ2) is 9.17. The first-order valence-electron chi connectivity index (χ1n) is 7.13. The molecule has 6 nitrogen and oxygen atoms in total. The third-order valence-electron chi connectivity index (χ3n) is 3.98. The fourth-order valence-corrected chi connectivity index (χ4v) is 2.59. The van der Waals surface area contributed by atoms with Gasteiger partial charge < -0.3 is 5.32 Å². The van der Waals surface area contributed by atoms with Gasteiger partial charge in [0.15, 0.2) is 5.78 Å². The van der Waals surface area contributed by atoms with Crippen molar-refractivity contribution < 1.29 is 9.72 Å². The number of hydrogen-bond donors (Lipinski definition) is 1. The van der Waals surface area contributed by atoms with Gasteiger partial charge in [-0.2, -0.15) is 0 Å². The zero-order valence-corrected chi connectivity index (χ0v) is 14.9. The minimum absolute atomic E-state index is 0. The molecule has 1 aromatic rings. The lowest BCUT2D eigenvalue weighted by Crippen LogP contribution is -2.58. The molecule has 1 aliphatic rings. The summed E-state index contributed by atoms with van der Waals surface area (Å²) < 4.78 is 0. The molecule has 0 spiro atoms. The lowest BCUT2D eigenvalue weighted by atomic mass is 9.99. The van der Waals surface area contributed by atoms with E-state index in [0.29, 0.717) is 18.5 Å². The second-order valence-electron chi connectivity index (χ2n) is 5.95. The average molecular weight is 364 g/mol. The van der Waals surface area contributed by atoms with E-state index in [9.17, 15) is 14.9 Å². The van der Waals surface area contributed by atoms with E-state index in [1.54, 1.807) is 0 Å². The van der Waals surface area contributed by atoms with Crippen molar-refractivity contribution in [3.05, 3.63) is 39.9 Å². The Balaban J connectivity index is 0.00000242. The third-order valence-corrected chi connectivity index (χ3v) is 3.98. The molecule has 1 N–H and O–H groups in total. The Bertz CT molecular complexity index is 535. The summed E-state index contributed by atoms with van der Waals surface area (Å²) in [5.74, 6) is 0.0271. The number of piperazine rings is 1. The van der Waals surface area contributed by atoms with Gasteiger partial charge in [0.05, 0.1) is 4.92 Å². The molecule has 1 aliphatic heterocycles. The SMILES string of the molecule is CC1(C)CNCCN1CCC(=O)c1ccc([N+](=O)[O-])cc1.Cl.Cl. The summed E-state index contributed by atoms with van der Waals surface area (Å²) in [7, 11) is 0. The highest BCUT2D eigenvalue weighted by atomic mass is 35.5. The lowest BCUT2D eigenvalue weighted by molar-refractivity contribution is -0.384. The third kappa shape index (κ3) is 5.73. The minimum Gasteiger partial charge on any atom is -0.314 e. The summed E-state index contributed by atoms with van der Waals surface area (Å²) >= 11 is 0. The summed E-state index contributed by atoms with van der Waals surface area (Å²) in [4.78, 5) is 24.6. The molecule has 0 unspecified atom stereocenters. The zero-order chi connectivity index (χ0) is 15.5. The van der Waals surface area contributed by atoms with Gasteiger partial charge in [-0.05, 0) is 26.0 Å². The minimum atomic E-state index is -0.461. The van der Waals surface area contributed by atoms with E-state index in [-0.39, 0.29) is 41.8 Å². The number of nitro benzene ring substituents is 1. The summed E-state index contributed by atoms with van der Waals surface area (Å²) in [6.45, 7) is 7.82. The Labute approximate surface area is 148 Å². The molecule has 0 atom stereocenters. The van der Waals surface area contributed by atoms with Gasteiger partial charge >= 0.3 is 0 Å². The Kier molecular flexibility index (Phi) is 8.69. The van der Waals surface area contributed by atoms with E-state index in [2.05, 4.69) is 24.1 Å². The average Bonchev–Trinajstić information content (AvgIpc) is 2.45. The molecule has 2 rings (SSSR count). The Morgan fingerprint density at radius 2 is 1.91 bits per heavy atom. The number of carbonyl (C=O) groups excluding carboxylic acids is 1. The maximum absolute atomic E-state index is 12.2. The van der Waals surface area contributed by atoms with Crippen LogP contribution in [0, 0.1) is 10.1 Å². The van der Waals surface area contributed by atoms with E-state index in [1.165, 1.54) is 24.3 Å². The number of Topliss-reactive ketones (excluding diaryl/α,β-unsaturated/α-hetero) is 1. The van der Waals surface area contributed by atoms with Crippen LogP contribution in [0.5, 0.6) is 0 Å². The zero-order valence-electron chi connectivity index (χ0n) is 13.3. The van der Waals surface area contributed by atoms with Gasteiger partial charge in [0.2, 0.25) is 0 Å². The van der Waals surface area contributed by atoms with E-state index in [0.717, 1.165) is 19.6 Å². The van der Waals surface area contributed by atoms with E-state index in [4.69, 9.17) is 0 Å². The molecule has 0 aliphatic carbocycles. The normalized spacial score (nSPS) is 16.8. The second-order valence-corrected chi connectivity index (χ2v) is 5.95. The number of benzene rings is 1.